The summed E-state index contributed by atoms with van der Waals surface area (Å²) in [5, 5.41) is 37.6. The molecular formula is C15H12O5. The zero-order chi connectivity index (χ0) is 14.7. The lowest BCUT2D eigenvalue weighted by atomic mass is 10.1. The molecule has 0 saturated carbocycles. The summed E-state index contributed by atoms with van der Waals surface area (Å²) in [6.45, 7) is 0. The molecule has 0 fully saturated rings. The molecular weight excluding hydrogens is 260 g/mol. The van der Waals surface area contributed by atoms with Gasteiger partial charge in [-0.05, 0) is 23.8 Å². The van der Waals surface area contributed by atoms with E-state index in [2.05, 4.69) is 0 Å². The van der Waals surface area contributed by atoms with Gasteiger partial charge in [0.1, 0.15) is 28.6 Å². The van der Waals surface area contributed by atoms with Gasteiger partial charge in [-0.1, -0.05) is 18.2 Å². The molecule has 5 nitrogen and oxygen atoms in total. The molecule has 0 amide bonds. The number of hydrogen-bond donors (Lipinski definition) is 4. The maximum Gasteiger partial charge on any atom is 0.193 e. The molecule has 2 rings (SSSR count). The van der Waals surface area contributed by atoms with Crippen molar-refractivity contribution in [3.63, 3.8) is 0 Å². The van der Waals surface area contributed by atoms with Gasteiger partial charge in [-0.2, -0.15) is 0 Å². The third-order valence-electron chi connectivity index (χ3n) is 2.63. The van der Waals surface area contributed by atoms with Crippen molar-refractivity contribution in [2.24, 2.45) is 0 Å². The molecule has 0 bridgehead atoms. The summed E-state index contributed by atoms with van der Waals surface area (Å²) >= 11 is 0. The maximum absolute atomic E-state index is 11.9. The largest absolute Gasteiger partial charge is 0.508 e. The molecule has 0 saturated heterocycles. The van der Waals surface area contributed by atoms with Crippen LogP contribution >= 0.6 is 0 Å². The molecule has 0 aromatic heterocycles. The van der Waals surface area contributed by atoms with Gasteiger partial charge < -0.3 is 20.4 Å². The van der Waals surface area contributed by atoms with Crippen LogP contribution in [0.2, 0.25) is 0 Å². The highest BCUT2D eigenvalue weighted by atomic mass is 16.3. The number of benzene rings is 2. The van der Waals surface area contributed by atoms with Crippen molar-refractivity contribution >= 4 is 11.9 Å². The van der Waals surface area contributed by atoms with Crippen molar-refractivity contribution in [2.45, 2.75) is 0 Å². The van der Waals surface area contributed by atoms with E-state index in [4.69, 9.17) is 5.11 Å². The van der Waals surface area contributed by atoms with Crippen molar-refractivity contribution in [1.82, 2.24) is 0 Å². The van der Waals surface area contributed by atoms with Gasteiger partial charge in [0.25, 0.3) is 0 Å². The lowest BCUT2D eigenvalue weighted by Crippen LogP contribution is -1.95. The van der Waals surface area contributed by atoms with Gasteiger partial charge in [0.15, 0.2) is 5.78 Å². The molecule has 5 heteroatoms. The summed E-state index contributed by atoms with van der Waals surface area (Å²) in [6.07, 6.45) is 2.59. The first-order valence-electron chi connectivity index (χ1n) is 5.74. The first-order valence-corrected chi connectivity index (χ1v) is 5.74. The second kappa shape index (κ2) is 5.36. The molecule has 2 aromatic rings. The van der Waals surface area contributed by atoms with E-state index in [-0.39, 0.29) is 17.1 Å². The van der Waals surface area contributed by atoms with Crippen LogP contribution in [-0.4, -0.2) is 26.2 Å². The molecule has 0 heterocycles. The predicted octanol–water partition coefficient (Wildman–Crippen LogP) is 2.41. The normalized spacial score (nSPS) is 10.8. The first-order chi connectivity index (χ1) is 9.47. The van der Waals surface area contributed by atoms with Crippen LogP contribution in [0, 0.1) is 0 Å². The summed E-state index contributed by atoms with van der Waals surface area (Å²) in [6, 6.07) is 8.19. The van der Waals surface area contributed by atoms with E-state index >= 15 is 0 Å². The Morgan fingerprint density at radius 1 is 0.900 bits per heavy atom. The van der Waals surface area contributed by atoms with Crippen LogP contribution in [0.15, 0.2) is 42.5 Å². The number of allylic oxidation sites excluding steroid dienone is 1. The average molecular weight is 272 g/mol. The second-order valence-electron chi connectivity index (χ2n) is 4.15. The summed E-state index contributed by atoms with van der Waals surface area (Å²) in [5.74, 6) is -1.91. The molecule has 0 aliphatic rings. The van der Waals surface area contributed by atoms with E-state index in [1.165, 1.54) is 18.2 Å². The van der Waals surface area contributed by atoms with Gasteiger partial charge in [0.2, 0.25) is 0 Å². The highest BCUT2D eigenvalue weighted by Gasteiger charge is 2.15. The number of carbonyl (C=O) groups excluding carboxylic acids is 1. The summed E-state index contributed by atoms with van der Waals surface area (Å²) in [4.78, 5) is 11.9. The first kappa shape index (κ1) is 13.5. The van der Waals surface area contributed by atoms with Gasteiger partial charge in [-0.15, -0.1) is 0 Å². The van der Waals surface area contributed by atoms with Crippen LogP contribution in [0.25, 0.3) is 6.08 Å². The molecule has 102 valence electrons. The topological polar surface area (TPSA) is 98.0 Å². The molecule has 20 heavy (non-hydrogen) atoms. The van der Waals surface area contributed by atoms with Crippen molar-refractivity contribution in [2.75, 3.05) is 0 Å². The molecule has 0 radical (unpaired) electrons. The molecule has 0 atom stereocenters. The van der Waals surface area contributed by atoms with Gasteiger partial charge in [0, 0.05) is 12.1 Å². The molecule has 0 spiro atoms. The quantitative estimate of drug-likeness (QED) is 0.508. The Balaban J connectivity index is 2.29. The minimum Gasteiger partial charge on any atom is -0.508 e. The zero-order valence-electron chi connectivity index (χ0n) is 10.3. The smallest absolute Gasteiger partial charge is 0.193 e. The summed E-state index contributed by atoms with van der Waals surface area (Å²) in [7, 11) is 0. The standard InChI is InChI=1S/C15H12O5/c16-10-3-1-2-9(6-10)4-5-12(18)15-13(19)7-11(17)8-14(15)20/h1-8,16-17,19-20H/b5-4+. The Morgan fingerprint density at radius 3 is 2.15 bits per heavy atom. The molecule has 0 unspecified atom stereocenters. The predicted molar refractivity (Wildman–Crippen MR) is 72.9 cm³/mol. The number of rotatable bonds is 3. The minimum absolute atomic E-state index is 0.0647. The number of ketones is 1. The fraction of sp³-hybridized carbons (Fsp3) is 0. The van der Waals surface area contributed by atoms with Gasteiger partial charge in [-0.25, -0.2) is 0 Å². The average Bonchev–Trinajstić information content (AvgIpc) is 2.35. The van der Waals surface area contributed by atoms with Gasteiger partial charge in [0.05, 0.1) is 0 Å². The molecule has 0 aliphatic carbocycles. The van der Waals surface area contributed by atoms with Crippen LogP contribution in [0.4, 0.5) is 0 Å². The molecule has 4 N–H and O–H groups in total. The monoisotopic (exact) mass is 272 g/mol. The van der Waals surface area contributed by atoms with Crippen molar-refractivity contribution < 1.29 is 25.2 Å². The van der Waals surface area contributed by atoms with Crippen molar-refractivity contribution in [3.05, 3.63) is 53.6 Å². The maximum atomic E-state index is 11.9. The van der Waals surface area contributed by atoms with E-state index in [0.717, 1.165) is 18.2 Å². The van der Waals surface area contributed by atoms with Crippen LogP contribution in [0.1, 0.15) is 15.9 Å². The fourth-order valence-electron chi connectivity index (χ4n) is 1.73. The number of carbonyl (C=O) groups is 1. The summed E-state index contributed by atoms with van der Waals surface area (Å²) < 4.78 is 0. The third-order valence-corrected chi connectivity index (χ3v) is 2.63. The van der Waals surface area contributed by atoms with Crippen LogP contribution in [-0.2, 0) is 0 Å². The molecule has 0 aliphatic heterocycles. The number of phenolic OH excluding ortho intramolecular Hbond substituents is 4. The Morgan fingerprint density at radius 2 is 1.55 bits per heavy atom. The van der Waals surface area contributed by atoms with E-state index in [0.29, 0.717) is 5.56 Å². The Labute approximate surface area is 114 Å². The Kier molecular flexibility index (Phi) is 3.61. The SMILES string of the molecule is O=C(/C=C/c1cccc(O)c1)c1c(O)cc(O)cc1O. The number of phenols is 4. The molecule has 2 aromatic carbocycles. The summed E-state index contributed by atoms with van der Waals surface area (Å²) in [5.41, 5.74) is 0.301. The fourth-order valence-corrected chi connectivity index (χ4v) is 1.73. The van der Waals surface area contributed by atoms with Crippen molar-refractivity contribution in [3.8, 4) is 23.0 Å². The van der Waals surface area contributed by atoms with E-state index in [9.17, 15) is 20.1 Å². The highest BCUT2D eigenvalue weighted by Crippen LogP contribution is 2.32. The Hall–Kier alpha value is -2.95. The highest BCUT2D eigenvalue weighted by molar-refractivity contribution is 6.10. The van der Waals surface area contributed by atoms with Crippen LogP contribution < -0.4 is 0 Å². The Bertz CT molecular complexity index is 665. The van der Waals surface area contributed by atoms with Crippen molar-refractivity contribution in [1.29, 1.82) is 0 Å². The number of hydrogen-bond acceptors (Lipinski definition) is 5. The van der Waals surface area contributed by atoms with E-state index in [1.807, 2.05) is 0 Å². The lowest BCUT2D eigenvalue weighted by Gasteiger charge is -2.04. The second-order valence-corrected chi connectivity index (χ2v) is 4.15. The number of aromatic hydroxyl groups is 4. The van der Waals surface area contributed by atoms with Crippen LogP contribution in [0.5, 0.6) is 23.0 Å². The van der Waals surface area contributed by atoms with E-state index in [1.54, 1.807) is 12.1 Å². The van der Waals surface area contributed by atoms with Gasteiger partial charge >= 0.3 is 0 Å². The van der Waals surface area contributed by atoms with Gasteiger partial charge in [-0.3, -0.25) is 4.79 Å². The lowest BCUT2D eigenvalue weighted by molar-refractivity contribution is 0.104. The third kappa shape index (κ3) is 2.89. The zero-order valence-corrected chi connectivity index (χ0v) is 10.3. The minimum atomic E-state index is -0.622. The van der Waals surface area contributed by atoms with E-state index < -0.39 is 17.3 Å². The van der Waals surface area contributed by atoms with Crippen LogP contribution in [0.3, 0.4) is 0 Å².